The SMILES string of the molecule is Cc1ccc2c(c1)nc1c3ccc(C(=O)O)c4c(C(=O)O)ccc(c(=O)n21)c43. The highest BCUT2D eigenvalue weighted by molar-refractivity contribution is 6.24. The first-order valence-corrected chi connectivity index (χ1v) is 8.49. The minimum Gasteiger partial charge on any atom is -0.478 e. The molecule has 7 heteroatoms. The zero-order chi connectivity index (χ0) is 19.7. The summed E-state index contributed by atoms with van der Waals surface area (Å²) in [5.74, 6) is -2.51. The van der Waals surface area contributed by atoms with Crippen molar-refractivity contribution in [3.8, 4) is 0 Å². The van der Waals surface area contributed by atoms with Crippen LogP contribution in [0, 0.1) is 6.92 Å². The van der Waals surface area contributed by atoms with E-state index < -0.39 is 11.9 Å². The number of aromatic nitrogens is 2. The van der Waals surface area contributed by atoms with Crippen LogP contribution in [-0.2, 0) is 0 Å². The Balaban J connectivity index is 2.15. The third-order valence-corrected chi connectivity index (χ3v) is 5.11. The summed E-state index contributed by atoms with van der Waals surface area (Å²) in [6.07, 6.45) is 0. The molecule has 3 aromatic carbocycles. The molecule has 0 saturated heterocycles. The molecule has 7 nitrogen and oxygen atoms in total. The molecule has 0 unspecified atom stereocenters. The maximum atomic E-state index is 13.2. The Bertz CT molecular complexity index is 1530. The highest BCUT2D eigenvalue weighted by Crippen LogP contribution is 2.34. The van der Waals surface area contributed by atoms with Gasteiger partial charge in [-0.15, -0.1) is 0 Å². The molecule has 0 aliphatic heterocycles. The molecule has 5 aromatic rings. The van der Waals surface area contributed by atoms with Crippen LogP contribution < -0.4 is 5.56 Å². The molecule has 0 aliphatic carbocycles. The first kappa shape index (κ1) is 16.2. The van der Waals surface area contributed by atoms with Crippen LogP contribution in [-0.4, -0.2) is 31.5 Å². The third-order valence-electron chi connectivity index (χ3n) is 5.11. The number of rotatable bonds is 2. The van der Waals surface area contributed by atoms with Crippen molar-refractivity contribution in [2.24, 2.45) is 0 Å². The normalized spacial score (nSPS) is 11.8. The zero-order valence-electron chi connectivity index (χ0n) is 14.6. The van der Waals surface area contributed by atoms with Gasteiger partial charge in [0.1, 0.15) is 5.65 Å². The van der Waals surface area contributed by atoms with Crippen LogP contribution in [0.4, 0.5) is 0 Å². The Labute approximate surface area is 156 Å². The number of benzene rings is 3. The number of carboxylic acids is 2. The van der Waals surface area contributed by atoms with E-state index in [-0.39, 0.29) is 27.5 Å². The Hall–Kier alpha value is -4.00. The van der Waals surface area contributed by atoms with Crippen molar-refractivity contribution in [1.29, 1.82) is 0 Å². The van der Waals surface area contributed by atoms with Gasteiger partial charge in [0.25, 0.3) is 5.56 Å². The highest BCUT2D eigenvalue weighted by Gasteiger charge is 2.23. The van der Waals surface area contributed by atoms with Gasteiger partial charge in [0.05, 0.1) is 22.2 Å². The molecule has 0 radical (unpaired) electrons. The molecular formula is C21H12N2O5. The molecule has 0 saturated carbocycles. The van der Waals surface area contributed by atoms with Crippen molar-refractivity contribution in [2.75, 3.05) is 0 Å². The number of pyridine rings is 1. The van der Waals surface area contributed by atoms with Crippen molar-refractivity contribution in [2.45, 2.75) is 6.92 Å². The van der Waals surface area contributed by atoms with Crippen LogP contribution >= 0.6 is 0 Å². The van der Waals surface area contributed by atoms with E-state index in [1.807, 2.05) is 25.1 Å². The number of carbonyl (C=O) groups is 2. The lowest BCUT2D eigenvalue weighted by Crippen LogP contribution is -2.15. The van der Waals surface area contributed by atoms with E-state index in [1.165, 1.54) is 22.6 Å². The van der Waals surface area contributed by atoms with Gasteiger partial charge in [0.15, 0.2) is 0 Å². The van der Waals surface area contributed by atoms with E-state index in [0.717, 1.165) is 5.56 Å². The molecule has 136 valence electrons. The average molecular weight is 372 g/mol. The summed E-state index contributed by atoms with van der Waals surface area (Å²) in [5, 5.41) is 20.3. The molecule has 0 atom stereocenters. The van der Waals surface area contributed by atoms with Crippen LogP contribution in [0.5, 0.6) is 0 Å². The van der Waals surface area contributed by atoms with E-state index in [9.17, 15) is 24.6 Å². The lowest BCUT2D eigenvalue weighted by atomic mass is 9.94. The molecule has 2 heterocycles. The van der Waals surface area contributed by atoms with E-state index in [4.69, 9.17) is 0 Å². The predicted octanol–water partition coefficient (Wildman–Crippen LogP) is 3.30. The van der Waals surface area contributed by atoms with E-state index in [0.29, 0.717) is 27.5 Å². The van der Waals surface area contributed by atoms with Gasteiger partial charge in [-0.3, -0.25) is 9.20 Å². The summed E-state index contributed by atoms with van der Waals surface area (Å²) in [5.41, 5.74) is 1.98. The topological polar surface area (TPSA) is 109 Å². The Morgan fingerprint density at radius 1 is 0.893 bits per heavy atom. The van der Waals surface area contributed by atoms with Crippen molar-refractivity contribution < 1.29 is 19.8 Å². The number of fused-ring (bicyclic) bond motifs is 4. The first-order chi connectivity index (χ1) is 13.4. The van der Waals surface area contributed by atoms with Gasteiger partial charge < -0.3 is 10.2 Å². The molecule has 28 heavy (non-hydrogen) atoms. The number of hydrogen-bond donors (Lipinski definition) is 2. The van der Waals surface area contributed by atoms with E-state index in [2.05, 4.69) is 4.98 Å². The standard InChI is InChI=1S/C21H12N2O5/c1-9-2-7-15-14(8-9)22-18-10-3-5-12(20(25)26)17-13(21(27)28)6-4-11(16(10)17)19(24)23(15)18/h2-8H,1H3,(H,25,26)(H,27,28). The first-order valence-electron chi connectivity index (χ1n) is 8.49. The second kappa shape index (κ2) is 5.26. The molecule has 2 N–H and O–H groups in total. The number of aromatic carboxylic acids is 2. The minimum absolute atomic E-state index is 0.0397. The fourth-order valence-corrected chi connectivity index (χ4v) is 3.91. The van der Waals surface area contributed by atoms with Gasteiger partial charge in [0.2, 0.25) is 0 Å². The number of hydrogen-bond acceptors (Lipinski definition) is 4. The van der Waals surface area contributed by atoms with Gasteiger partial charge in [0, 0.05) is 21.5 Å². The second-order valence-electron chi connectivity index (χ2n) is 6.75. The maximum absolute atomic E-state index is 13.2. The van der Waals surface area contributed by atoms with Crippen molar-refractivity contribution in [1.82, 2.24) is 9.38 Å². The summed E-state index contributed by atoms with van der Waals surface area (Å²) in [6, 6.07) is 11.2. The lowest BCUT2D eigenvalue weighted by Gasteiger charge is -2.11. The van der Waals surface area contributed by atoms with Crippen LogP contribution in [0.3, 0.4) is 0 Å². The number of aryl methyl sites for hydroxylation is 1. The molecule has 0 amide bonds. The van der Waals surface area contributed by atoms with Crippen LogP contribution in [0.1, 0.15) is 26.3 Å². The summed E-state index contributed by atoms with van der Waals surface area (Å²) < 4.78 is 1.49. The Morgan fingerprint density at radius 2 is 1.54 bits per heavy atom. The van der Waals surface area contributed by atoms with Crippen LogP contribution in [0.25, 0.3) is 38.2 Å². The number of nitrogens with zero attached hydrogens (tertiary/aromatic N) is 2. The average Bonchev–Trinajstić information content (AvgIpc) is 3.03. The predicted molar refractivity (Wildman–Crippen MR) is 104 cm³/mol. The fraction of sp³-hybridized carbons (Fsp3) is 0.0476. The van der Waals surface area contributed by atoms with E-state index in [1.54, 1.807) is 6.07 Å². The van der Waals surface area contributed by atoms with Gasteiger partial charge in [-0.1, -0.05) is 6.07 Å². The fourth-order valence-electron chi connectivity index (χ4n) is 3.91. The van der Waals surface area contributed by atoms with Crippen molar-refractivity contribution >= 4 is 50.2 Å². The van der Waals surface area contributed by atoms with E-state index >= 15 is 0 Å². The summed E-state index contributed by atoms with van der Waals surface area (Å²) in [6.45, 7) is 1.92. The summed E-state index contributed by atoms with van der Waals surface area (Å²) >= 11 is 0. The minimum atomic E-state index is -1.26. The van der Waals surface area contributed by atoms with Gasteiger partial charge in [-0.05, 0) is 48.9 Å². The third kappa shape index (κ3) is 1.92. The summed E-state index contributed by atoms with van der Waals surface area (Å²) in [4.78, 5) is 41.3. The van der Waals surface area contributed by atoms with Crippen LogP contribution in [0.15, 0.2) is 47.3 Å². The van der Waals surface area contributed by atoms with Gasteiger partial charge in [-0.2, -0.15) is 0 Å². The second-order valence-corrected chi connectivity index (χ2v) is 6.75. The quantitative estimate of drug-likeness (QED) is 0.492. The number of carboxylic acid groups (broad SMARTS) is 2. The lowest BCUT2D eigenvalue weighted by molar-refractivity contribution is 0.0695. The van der Waals surface area contributed by atoms with Gasteiger partial charge >= 0.3 is 11.9 Å². The molecule has 2 aromatic heterocycles. The van der Waals surface area contributed by atoms with Crippen molar-refractivity contribution in [3.05, 3.63) is 69.5 Å². The molecule has 0 spiro atoms. The summed E-state index contributed by atoms with van der Waals surface area (Å²) in [7, 11) is 0. The molecular weight excluding hydrogens is 360 g/mol. The zero-order valence-corrected chi connectivity index (χ0v) is 14.6. The maximum Gasteiger partial charge on any atom is 0.336 e. The Kier molecular flexibility index (Phi) is 3.04. The monoisotopic (exact) mass is 372 g/mol. The van der Waals surface area contributed by atoms with Crippen LogP contribution in [0.2, 0.25) is 0 Å². The number of imidazole rings is 1. The highest BCUT2D eigenvalue weighted by atomic mass is 16.4. The van der Waals surface area contributed by atoms with Gasteiger partial charge in [-0.25, -0.2) is 14.6 Å². The molecule has 0 aliphatic rings. The molecule has 5 rings (SSSR count). The molecule has 0 fully saturated rings. The smallest absolute Gasteiger partial charge is 0.336 e. The van der Waals surface area contributed by atoms with Crippen molar-refractivity contribution in [3.63, 3.8) is 0 Å². The Morgan fingerprint density at radius 3 is 2.18 bits per heavy atom. The molecule has 0 bridgehead atoms. The largest absolute Gasteiger partial charge is 0.478 e.